The van der Waals surface area contributed by atoms with Crippen molar-refractivity contribution < 1.29 is 9.52 Å². The second kappa shape index (κ2) is 7.27. The number of aliphatic hydroxyl groups is 1. The van der Waals surface area contributed by atoms with E-state index in [-0.39, 0.29) is 6.04 Å². The van der Waals surface area contributed by atoms with Crippen LogP contribution in [-0.2, 0) is 6.54 Å². The molecule has 2 atom stereocenters. The minimum atomic E-state index is -0.542. The summed E-state index contributed by atoms with van der Waals surface area (Å²) in [5.41, 5.74) is 1.98. The van der Waals surface area contributed by atoms with E-state index in [0.29, 0.717) is 6.54 Å². The van der Waals surface area contributed by atoms with Gasteiger partial charge in [0.25, 0.3) is 0 Å². The Kier molecular flexibility index (Phi) is 4.91. The first kappa shape index (κ1) is 15.5. The van der Waals surface area contributed by atoms with E-state index >= 15 is 0 Å². The number of hydrogen-bond acceptors (Lipinski definition) is 3. The molecule has 0 unspecified atom stereocenters. The quantitative estimate of drug-likeness (QED) is 0.719. The third-order valence-electron chi connectivity index (χ3n) is 3.93. The van der Waals surface area contributed by atoms with Crippen LogP contribution in [0, 0.1) is 0 Å². The van der Waals surface area contributed by atoms with Gasteiger partial charge in [-0.1, -0.05) is 60.7 Å². The van der Waals surface area contributed by atoms with Crippen molar-refractivity contribution in [3.8, 4) is 11.3 Å². The SMILES string of the molecule is C[C@H](NCc1ccc(-c2ccccc2)o1)[C@H](O)c1ccccc1. The fourth-order valence-electron chi connectivity index (χ4n) is 2.54. The second-order valence-electron chi connectivity index (χ2n) is 5.66. The molecule has 1 aromatic heterocycles. The van der Waals surface area contributed by atoms with Crippen molar-refractivity contribution in [1.29, 1.82) is 0 Å². The maximum Gasteiger partial charge on any atom is 0.134 e. The van der Waals surface area contributed by atoms with Crippen LogP contribution in [0.3, 0.4) is 0 Å². The van der Waals surface area contributed by atoms with Gasteiger partial charge in [0.05, 0.1) is 12.6 Å². The molecular weight excluding hydrogens is 286 g/mol. The molecule has 0 saturated carbocycles. The Morgan fingerprint density at radius 3 is 2.26 bits per heavy atom. The zero-order chi connectivity index (χ0) is 16.1. The monoisotopic (exact) mass is 307 g/mol. The molecule has 0 amide bonds. The van der Waals surface area contributed by atoms with Crippen LogP contribution in [0.5, 0.6) is 0 Å². The third kappa shape index (κ3) is 3.89. The predicted octanol–water partition coefficient (Wildman–Crippen LogP) is 4.16. The Morgan fingerprint density at radius 1 is 0.913 bits per heavy atom. The van der Waals surface area contributed by atoms with Gasteiger partial charge >= 0.3 is 0 Å². The topological polar surface area (TPSA) is 45.4 Å². The first-order valence-electron chi connectivity index (χ1n) is 7.84. The first-order chi connectivity index (χ1) is 11.2. The van der Waals surface area contributed by atoms with Crippen molar-refractivity contribution in [2.24, 2.45) is 0 Å². The third-order valence-corrected chi connectivity index (χ3v) is 3.93. The lowest BCUT2D eigenvalue weighted by Crippen LogP contribution is -2.31. The van der Waals surface area contributed by atoms with E-state index in [4.69, 9.17) is 4.42 Å². The summed E-state index contributed by atoms with van der Waals surface area (Å²) in [5.74, 6) is 1.72. The van der Waals surface area contributed by atoms with Crippen LogP contribution in [0.15, 0.2) is 77.2 Å². The molecule has 0 aliphatic heterocycles. The van der Waals surface area contributed by atoms with Crippen LogP contribution in [0.4, 0.5) is 0 Å². The molecule has 0 aliphatic rings. The fraction of sp³-hybridized carbons (Fsp3) is 0.200. The summed E-state index contributed by atoms with van der Waals surface area (Å²) in [7, 11) is 0. The number of hydrogen-bond donors (Lipinski definition) is 2. The molecule has 1 heterocycles. The first-order valence-corrected chi connectivity index (χ1v) is 7.84. The number of furan rings is 1. The minimum Gasteiger partial charge on any atom is -0.460 e. The molecule has 0 radical (unpaired) electrons. The van der Waals surface area contributed by atoms with Gasteiger partial charge in [0, 0.05) is 11.6 Å². The highest BCUT2D eigenvalue weighted by Crippen LogP contribution is 2.22. The highest BCUT2D eigenvalue weighted by atomic mass is 16.3. The largest absolute Gasteiger partial charge is 0.460 e. The van der Waals surface area contributed by atoms with Crippen molar-refractivity contribution in [2.45, 2.75) is 25.6 Å². The summed E-state index contributed by atoms with van der Waals surface area (Å²) < 4.78 is 5.86. The molecule has 3 heteroatoms. The molecular formula is C20H21NO2. The van der Waals surface area contributed by atoms with Gasteiger partial charge in [-0.25, -0.2) is 0 Å². The van der Waals surface area contributed by atoms with E-state index in [1.54, 1.807) is 0 Å². The van der Waals surface area contributed by atoms with E-state index in [9.17, 15) is 5.11 Å². The van der Waals surface area contributed by atoms with Crippen LogP contribution in [0.25, 0.3) is 11.3 Å². The average Bonchev–Trinajstić information content (AvgIpc) is 3.09. The van der Waals surface area contributed by atoms with Gasteiger partial charge in [0.15, 0.2) is 0 Å². The molecule has 0 fully saturated rings. The van der Waals surface area contributed by atoms with Crippen LogP contribution in [0.1, 0.15) is 24.4 Å². The van der Waals surface area contributed by atoms with Gasteiger partial charge in [-0.15, -0.1) is 0 Å². The van der Waals surface area contributed by atoms with Crippen molar-refractivity contribution in [2.75, 3.05) is 0 Å². The lowest BCUT2D eigenvalue weighted by atomic mass is 10.0. The Balaban J connectivity index is 1.59. The van der Waals surface area contributed by atoms with Gasteiger partial charge in [-0.3, -0.25) is 0 Å². The maximum absolute atomic E-state index is 10.4. The van der Waals surface area contributed by atoms with Crippen LogP contribution in [0.2, 0.25) is 0 Å². The van der Waals surface area contributed by atoms with E-state index < -0.39 is 6.10 Å². The number of rotatable bonds is 6. The number of aliphatic hydroxyl groups excluding tert-OH is 1. The Hall–Kier alpha value is -2.36. The summed E-state index contributed by atoms with van der Waals surface area (Å²) in [5, 5.41) is 13.7. The number of nitrogens with one attached hydrogen (secondary N) is 1. The van der Waals surface area contributed by atoms with Crippen LogP contribution < -0.4 is 5.32 Å². The molecule has 2 N–H and O–H groups in total. The zero-order valence-corrected chi connectivity index (χ0v) is 13.1. The summed E-state index contributed by atoms with van der Waals surface area (Å²) >= 11 is 0. The van der Waals surface area contributed by atoms with E-state index in [0.717, 1.165) is 22.6 Å². The molecule has 0 bridgehead atoms. The van der Waals surface area contributed by atoms with Gasteiger partial charge < -0.3 is 14.8 Å². The molecule has 3 aromatic rings. The highest BCUT2D eigenvalue weighted by molar-refractivity contribution is 5.57. The highest BCUT2D eigenvalue weighted by Gasteiger charge is 2.16. The fourth-order valence-corrected chi connectivity index (χ4v) is 2.54. The Labute approximate surface area is 136 Å². The summed E-state index contributed by atoms with van der Waals surface area (Å²) in [6.45, 7) is 2.55. The zero-order valence-electron chi connectivity index (χ0n) is 13.1. The molecule has 118 valence electrons. The Morgan fingerprint density at radius 2 is 1.57 bits per heavy atom. The smallest absolute Gasteiger partial charge is 0.134 e. The van der Waals surface area contributed by atoms with Crippen molar-refractivity contribution in [3.63, 3.8) is 0 Å². The normalized spacial score (nSPS) is 13.7. The van der Waals surface area contributed by atoms with Gasteiger partial charge in [-0.05, 0) is 24.6 Å². The molecule has 23 heavy (non-hydrogen) atoms. The average molecular weight is 307 g/mol. The van der Waals surface area contributed by atoms with Crippen molar-refractivity contribution >= 4 is 0 Å². The van der Waals surface area contributed by atoms with E-state index in [1.807, 2.05) is 79.7 Å². The standard InChI is InChI=1S/C20H21NO2/c1-15(20(22)17-10-6-3-7-11-17)21-14-18-12-13-19(23-18)16-8-4-2-5-9-16/h2-13,15,20-22H,14H2,1H3/t15-,20-/m0/s1. The van der Waals surface area contributed by atoms with E-state index in [2.05, 4.69) is 5.32 Å². The summed E-state index contributed by atoms with van der Waals surface area (Å²) in [6, 6.07) is 23.6. The van der Waals surface area contributed by atoms with Crippen molar-refractivity contribution in [1.82, 2.24) is 5.32 Å². The predicted molar refractivity (Wildman–Crippen MR) is 91.8 cm³/mol. The van der Waals surface area contributed by atoms with Crippen LogP contribution >= 0.6 is 0 Å². The summed E-state index contributed by atoms with van der Waals surface area (Å²) in [6.07, 6.45) is -0.542. The lowest BCUT2D eigenvalue weighted by molar-refractivity contribution is 0.134. The Bertz CT molecular complexity index is 722. The van der Waals surface area contributed by atoms with Crippen LogP contribution in [-0.4, -0.2) is 11.1 Å². The van der Waals surface area contributed by atoms with Gasteiger partial charge in [0.2, 0.25) is 0 Å². The van der Waals surface area contributed by atoms with Crippen molar-refractivity contribution in [3.05, 3.63) is 84.1 Å². The van der Waals surface area contributed by atoms with E-state index in [1.165, 1.54) is 0 Å². The summed E-state index contributed by atoms with van der Waals surface area (Å²) in [4.78, 5) is 0. The number of benzene rings is 2. The molecule has 0 spiro atoms. The second-order valence-corrected chi connectivity index (χ2v) is 5.66. The molecule has 0 saturated heterocycles. The molecule has 3 nitrogen and oxygen atoms in total. The molecule has 2 aromatic carbocycles. The maximum atomic E-state index is 10.4. The molecule has 3 rings (SSSR count). The minimum absolute atomic E-state index is 0.0670. The molecule has 0 aliphatic carbocycles. The van der Waals surface area contributed by atoms with Gasteiger partial charge in [0.1, 0.15) is 11.5 Å². The lowest BCUT2D eigenvalue weighted by Gasteiger charge is -2.20. The van der Waals surface area contributed by atoms with Gasteiger partial charge in [-0.2, -0.15) is 0 Å².